The summed E-state index contributed by atoms with van der Waals surface area (Å²) < 4.78 is 40.1. The van der Waals surface area contributed by atoms with E-state index < -0.39 is 15.8 Å². The Morgan fingerprint density at radius 1 is 1.42 bits per heavy atom. The molecule has 0 saturated carbocycles. The Kier molecular flexibility index (Phi) is 4.22. The van der Waals surface area contributed by atoms with Crippen molar-refractivity contribution in [2.24, 2.45) is 0 Å². The van der Waals surface area contributed by atoms with E-state index in [-0.39, 0.29) is 34.3 Å². The van der Waals surface area contributed by atoms with Crippen LogP contribution in [0.4, 0.5) is 4.39 Å². The van der Waals surface area contributed by atoms with Gasteiger partial charge in [-0.15, -0.1) is 0 Å². The van der Waals surface area contributed by atoms with Crippen molar-refractivity contribution in [3.8, 4) is 0 Å². The average molecular weight is 351 g/mol. The highest BCUT2D eigenvalue weighted by Crippen LogP contribution is 2.20. The highest BCUT2D eigenvalue weighted by atomic mass is 79.9. The molecule has 1 aliphatic heterocycles. The van der Waals surface area contributed by atoms with E-state index in [1.807, 2.05) is 0 Å². The number of sulfonamides is 1. The molecule has 0 aliphatic carbocycles. The van der Waals surface area contributed by atoms with Crippen LogP contribution in [0.15, 0.2) is 27.6 Å². The minimum atomic E-state index is -3.78. The standard InChI is InChI=1S/C11H12BrFN2O3S/c12-9-3-2-8(5-10(9)13)19(17,18)15-7-1-4-11(16)14-6-7/h2-3,5,7,15H,1,4,6H2,(H,14,16). The molecule has 1 heterocycles. The lowest BCUT2D eigenvalue weighted by Crippen LogP contribution is -2.47. The zero-order valence-electron chi connectivity index (χ0n) is 9.82. The van der Waals surface area contributed by atoms with Gasteiger partial charge in [0.1, 0.15) is 5.82 Å². The van der Waals surface area contributed by atoms with Crippen molar-refractivity contribution in [1.29, 1.82) is 0 Å². The first-order valence-electron chi connectivity index (χ1n) is 5.62. The fraction of sp³-hybridized carbons (Fsp3) is 0.364. The number of hydrogen-bond acceptors (Lipinski definition) is 3. The topological polar surface area (TPSA) is 75.3 Å². The summed E-state index contributed by atoms with van der Waals surface area (Å²) in [5.74, 6) is -0.732. The van der Waals surface area contributed by atoms with Crippen LogP contribution in [0.5, 0.6) is 0 Å². The van der Waals surface area contributed by atoms with Crippen LogP contribution in [0.2, 0.25) is 0 Å². The first-order chi connectivity index (χ1) is 8.88. The first-order valence-corrected chi connectivity index (χ1v) is 7.90. The van der Waals surface area contributed by atoms with Crippen LogP contribution in [0, 0.1) is 5.82 Å². The first kappa shape index (κ1) is 14.4. The zero-order chi connectivity index (χ0) is 14.0. The summed E-state index contributed by atoms with van der Waals surface area (Å²) in [6, 6.07) is 3.24. The number of carbonyl (C=O) groups is 1. The summed E-state index contributed by atoms with van der Waals surface area (Å²) in [6.45, 7) is 0.247. The molecule has 0 radical (unpaired) electrons. The van der Waals surface area contributed by atoms with Gasteiger partial charge in [-0.3, -0.25) is 4.79 Å². The normalized spacial score (nSPS) is 20.1. The van der Waals surface area contributed by atoms with Gasteiger partial charge >= 0.3 is 0 Å². The molecule has 0 spiro atoms. The van der Waals surface area contributed by atoms with Crippen molar-refractivity contribution < 1.29 is 17.6 Å². The maximum absolute atomic E-state index is 13.3. The number of nitrogens with one attached hydrogen (secondary N) is 2. The van der Waals surface area contributed by atoms with Crippen LogP contribution in [0.25, 0.3) is 0 Å². The minimum Gasteiger partial charge on any atom is -0.355 e. The van der Waals surface area contributed by atoms with E-state index in [0.29, 0.717) is 6.42 Å². The second kappa shape index (κ2) is 5.56. The zero-order valence-corrected chi connectivity index (χ0v) is 12.2. The lowest BCUT2D eigenvalue weighted by atomic mass is 10.1. The van der Waals surface area contributed by atoms with Crippen LogP contribution in [0.3, 0.4) is 0 Å². The van der Waals surface area contributed by atoms with E-state index >= 15 is 0 Å². The summed E-state index contributed by atoms with van der Waals surface area (Å²) >= 11 is 2.96. The van der Waals surface area contributed by atoms with Crippen LogP contribution in [0.1, 0.15) is 12.8 Å². The molecule has 2 N–H and O–H groups in total. The third-order valence-corrected chi connectivity index (χ3v) is 4.95. The molecule has 0 aromatic heterocycles. The third kappa shape index (κ3) is 3.52. The van der Waals surface area contributed by atoms with E-state index in [1.165, 1.54) is 12.1 Å². The molecular weight excluding hydrogens is 339 g/mol. The van der Waals surface area contributed by atoms with Gasteiger partial charge in [-0.2, -0.15) is 0 Å². The van der Waals surface area contributed by atoms with Gasteiger partial charge in [0.25, 0.3) is 0 Å². The van der Waals surface area contributed by atoms with Crippen LogP contribution in [-0.2, 0) is 14.8 Å². The van der Waals surface area contributed by atoms with Crippen molar-refractivity contribution >= 4 is 31.9 Å². The predicted octanol–water partition coefficient (Wildman–Crippen LogP) is 1.15. The molecule has 1 fully saturated rings. The van der Waals surface area contributed by atoms with Gasteiger partial charge in [0.15, 0.2) is 0 Å². The van der Waals surface area contributed by atoms with Crippen molar-refractivity contribution in [3.05, 3.63) is 28.5 Å². The Morgan fingerprint density at radius 2 is 2.16 bits per heavy atom. The van der Waals surface area contributed by atoms with E-state index in [1.54, 1.807) is 0 Å². The number of carbonyl (C=O) groups excluding carboxylic acids is 1. The Balaban J connectivity index is 2.13. The van der Waals surface area contributed by atoms with Crippen molar-refractivity contribution in [1.82, 2.24) is 10.0 Å². The molecule has 1 atom stereocenters. The summed E-state index contributed by atoms with van der Waals surface area (Å²) in [5, 5.41) is 2.58. The quantitative estimate of drug-likeness (QED) is 0.858. The van der Waals surface area contributed by atoms with Crippen LogP contribution >= 0.6 is 15.9 Å². The van der Waals surface area contributed by atoms with Gasteiger partial charge in [-0.05, 0) is 40.5 Å². The van der Waals surface area contributed by atoms with E-state index in [2.05, 4.69) is 26.0 Å². The summed E-state index contributed by atoms with van der Waals surface area (Å²) in [5.41, 5.74) is 0. The highest BCUT2D eigenvalue weighted by Gasteiger charge is 2.24. The fourth-order valence-electron chi connectivity index (χ4n) is 1.76. The molecule has 1 amide bonds. The molecule has 1 aromatic carbocycles. The maximum Gasteiger partial charge on any atom is 0.240 e. The number of hydrogen-bond donors (Lipinski definition) is 2. The molecule has 19 heavy (non-hydrogen) atoms. The smallest absolute Gasteiger partial charge is 0.240 e. The number of halogens is 2. The van der Waals surface area contributed by atoms with Gasteiger partial charge in [0.05, 0.1) is 9.37 Å². The maximum atomic E-state index is 13.3. The number of benzene rings is 1. The highest BCUT2D eigenvalue weighted by molar-refractivity contribution is 9.10. The SMILES string of the molecule is O=C1CCC(NS(=O)(=O)c2ccc(Br)c(F)c2)CN1. The molecule has 104 valence electrons. The molecule has 0 bridgehead atoms. The van der Waals surface area contributed by atoms with Gasteiger partial charge in [0, 0.05) is 19.0 Å². The second-order valence-corrected chi connectivity index (χ2v) is 6.81. The lowest BCUT2D eigenvalue weighted by Gasteiger charge is -2.23. The Hall–Kier alpha value is -0.990. The predicted molar refractivity (Wildman–Crippen MR) is 70.5 cm³/mol. The van der Waals surface area contributed by atoms with Crippen molar-refractivity contribution in [2.75, 3.05) is 6.54 Å². The molecule has 5 nitrogen and oxygen atoms in total. The van der Waals surface area contributed by atoms with Crippen molar-refractivity contribution in [2.45, 2.75) is 23.8 Å². The van der Waals surface area contributed by atoms with E-state index in [0.717, 1.165) is 6.07 Å². The molecule has 1 aliphatic rings. The largest absolute Gasteiger partial charge is 0.355 e. The molecule has 1 aromatic rings. The monoisotopic (exact) mass is 350 g/mol. The summed E-state index contributed by atoms with van der Waals surface area (Å²) in [6.07, 6.45) is 0.714. The van der Waals surface area contributed by atoms with Crippen LogP contribution in [-0.4, -0.2) is 26.9 Å². The molecule has 1 unspecified atom stereocenters. The number of piperidine rings is 1. The fourth-order valence-corrected chi connectivity index (χ4v) is 3.29. The number of amides is 1. The Morgan fingerprint density at radius 3 is 2.74 bits per heavy atom. The average Bonchev–Trinajstić information content (AvgIpc) is 2.35. The third-order valence-electron chi connectivity index (χ3n) is 2.79. The Bertz CT molecular complexity index is 596. The molecule has 1 saturated heterocycles. The number of rotatable bonds is 3. The summed E-state index contributed by atoms with van der Waals surface area (Å²) in [4.78, 5) is 10.8. The summed E-state index contributed by atoms with van der Waals surface area (Å²) in [7, 11) is -3.78. The van der Waals surface area contributed by atoms with E-state index in [9.17, 15) is 17.6 Å². The lowest BCUT2D eigenvalue weighted by molar-refractivity contribution is -0.122. The van der Waals surface area contributed by atoms with Crippen molar-refractivity contribution in [3.63, 3.8) is 0 Å². The van der Waals surface area contributed by atoms with Gasteiger partial charge in [-0.1, -0.05) is 0 Å². The molecule has 2 rings (SSSR count). The van der Waals surface area contributed by atoms with Gasteiger partial charge in [0.2, 0.25) is 15.9 Å². The Labute approximate surface area is 118 Å². The van der Waals surface area contributed by atoms with Crippen LogP contribution < -0.4 is 10.0 Å². The molecular formula is C11H12BrFN2O3S. The van der Waals surface area contributed by atoms with Gasteiger partial charge < -0.3 is 5.32 Å². The molecule has 8 heteroatoms. The van der Waals surface area contributed by atoms with E-state index in [4.69, 9.17) is 0 Å². The minimum absolute atomic E-state index is 0.0925. The van der Waals surface area contributed by atoms with Gasteiger partial charge in [-0.25, -0.2) is 17.5 Å². The second-order valence-electron chi connectivity index (χ2n) is 4.24.